The molecule has 2 nitrogen and oxygen atoms in total. The van der Waals surface area contributed by atoms with Crippen molar-refractivity contribution in [3.05, 3.63) is 29.8 Å². The van der Waals surface area contributed by atoms with Crippen LogP contribution in [0.3, 0.4) is 0 Å². The van der Waals surface area contributed by atoms with Gasteiger partial charge in [-0.05, 0) is 43.9 Å². The molecule has 1 aliphatic rings. The molecule has 1 aliphatic carbocycles. The van der Waals surface area contributed by atoms with Gasteiger partial charge in [0.05, 0.1) is 6.61 Å². The van der Waals surface area contributed by atoms with Crippen LogP contribution in [0.1, 0.15) is 57.9 Å². The van der Waals surface area contributed by atoms with E-state index in [2.05, 4.69) is 37.4 Å². The van der Waals surface area contributed by atoms with Crippen molar-refractivity contribution in [2.45, 2.75) is 64.5 Å². The lowest BCUT2D eigenvalue weighted by Gasteiger charge is -2.34. The molecule has 0 unspecified atom stereocenters. The summed E-state index contributed by atoms with van der Waals surface area (Å²) in [7, 11) is 0. The first-order valence-electron chi connectivity index (χ1n) is 7.69. The number of rotatable bonds is 6. The lowest BCUT2D eigenvalue weighted by Crippen LogP contribution is -2.43. The fraction of sp³-hybridized carbons (Fsp3) is 0.647. The molecule has 0 heterocycles. The van der Waals surface area contributed by atoms with Gasteiger partial charge in [-0.15, -0.1) is 0 Å². The van der Waals surface area contributed by atoms with Crippen molar-refractivity contribution >= 4 is 0 Å². The first kappa shape index (κ1) is 14.4. The average molecular weight is 261 g/mol. The average Bonchev–Trinajstić information content (AvgIpc) is 2.44. The van der Waals surface area contributed by atoms with Crippen molar-refractivity contribution in [2.75, 3.05) is 6.61 Å². The van der Waals surface area contributed by atoms with Gasteiger partial charge in [0.1, 0.15) is 5.75 Å². The number of hydrogen-bond acceptors (Lipinski definition) is 2. The standard InChI is InChI=1S/C17H27NO/c1-3-12-19-16-9-7-8-15(13-16)14-18-17(2)10-5-4-6-11-17/h7-9,13,18H,3-6,10-12,14H2,1-2H3. The fourth-order valence-electron chi connectivity index (χ4n) is 2.79. The zero-order chi connectivity index (χ0) is 13.6. The number of hydrogen-bond donors (Lipinski definition) is 1. The highest BCUT2D eigenvalue weighted by Crippen LogP contribution is 2.28. The monoisotopic (exact) mass is 261 g/mol. The highest BCUT2D eigenvalue weighted by atomic mass is 16.5. The second kappa shape index (κ2) is 6.95. The van der Waals surface area contributed by atoms with Gasteiger partial charge < -0.3 is 10.1 Å². The smallest absolute Gasteiger partial charge is 0.119 e. The molecule has 2 heteroatoms. The Bertz CT molecular complexity index is 383. The molecule has 19 heavy (non-hydrogen) atoms. The minimum Gasteiger partial charge on any atom is -0.494 e. The van der Waals surface area contributed by atoms with Gasteiger partial charge in [-0.2, -0.15) is 0 Å². The zero-order valence-corrected chi connectivity index (χ0v) is 12.4. The first-order valence-corrected chi connectivity index (χ1v) is 7.69. The minimum atomic E-state index is 0.332. The summed E-state index contributed by atoms with van der Waals surface area (Å²) in [5.74, 6) is 0.995. The second-order valence-corrected chi connectivity index (χ2v) is 5.97. The Morgan fingerprint density at radius 3 is 2.74 bits per heavy atom. The topological polar surface area (TPSA) is 21.3 Å². The molecule has 1 aromatic carbocycles. The summed E-state index contributed by atoms with van der Waals surface area (Å²) >= 11 is 0. The van der Waals surface area contributed by atoms with E-state index in [4.69, 9.17) is 4.74 Å². The zero-order valence-electron chi connectivity index (χ0n) is 12.4. The van der Waals surface area contributed by atoms with Crippen molar-refractivity contribution in [3.63, 3.8) is 0 Å². The van der Waals surface area contributed by atoms with Crippen LogP contribution in [0, 0.1) is 0 Å². The van der Waals surface area contributed by atoms with Crippen LogP contribution in [0.15, 0.2) is 24.3 Å². The van der Waals surface area contributed by atoms with E-state index < -0.39 is 0 Å². The Kier molecular flexibility index (Phi) is 5.26. The van der Waals surface area contributed by atoms with Crippen molar-refractivity contribution in [1.82, 2.24) is 5.32 Å². The van der Waals surface area contributed by atoms with Crippen LogP contribution >= 0.6 is 0 Å². The third-order valence-corrected chi connectivity index (χ3v) is 4.05. The van der Waals surface area contributed by atoms with Crippen LogP contribution in [0.5, 0.6) is 5.75 Å². The van der Waals surface area contributed by atoms with Crippen LogP contribution in [0.4, 0.5) is 0 Å². The first-order chi connectivity index (χ1) is 9.22. The molecule has 1 saturated carbocycles. The SMILES string of the molecule is CCCOc1cccc(CNC2(C)CCCCC2)c1. The summed E-state index contributed by atoms with van der Waals surface area (Å²) in [6.07, 6.45) is 7.79. The highest BCUT2D eigenvalue weighted by Gasteiger charge is 2.25. The molecular formula is C17H27NO. The van der Waals surface area contributed by atoms with E-state index in [1.165, 1.54) is 37.7 Å². The molecule has 1 N–H and O–H groups in total. The number of ether oxygens (including phenoxy) is 1. The third-order valence-electron chi connectivity index (χ3n) is 4.05. The summed E-state index contributed by atoms with van der Waals surface area (Å²) in [5, 5.41) is 3.74. The quantitative estimate of drug-likeness (QED) is 0.825. The molecule has 0 bridgehead atoms. The number of nitrogens with one attached hydrogen (secondary N) is 1. The molecule has 1 fully saturated rings. The maximum Gasteiger partial charge on any atom is 0.119 e. The molecule has 0 aliphatic heterocycles. The van der Waals surface area contributed by atoms with Crippen LogP contribution < -0.4 is 10.1 Å². The Balaban J connectivity index is 1.88. The van der Waals surface area contributed by atoms with Crippen LogP contribution in [0.25, 0.3) is 0 Å². The summed E-state index contributed by atoms with van der Waals surface area (Å²) in [6, 6.07) is 8.47. The maximum absolute atomic E-state index is 5.68. The van der Waals surface area contributed by atoms with Crippen LogP contribution in [0.2, 0.25) is 0 Å². The molecule has 0 radical (unpaired) electrons. The van der Waals surface area contributed by atoms with Gasteiger partial charge in [0.15, 0.2) is 0 Å². The van der Waals surface area contributed by atoms with E-state index in [-0.39, 0.29) is 0 Å². The molecule has 1 aromatic rings. The molecule has 0 amide bonds. The predicted molar refractivity (Wildman–Crippen MR) is 80.6 cm³/mol. The van der Waals surface area contributed by atoms with E-state index >= 15 is 0 Å². The van der Waals surface area contributed by atoms with Crippen molar-refractivity contribution < 1.29 is 4.74 Å². The Morgan fingerprint density at radius 1 is 1.21 bits per heavy atom. The number of benzene rings is 1. The molecule has 0 saturated heterocycles. The lowest BCUT2D eigenvalue weighted by molar-refractivity contribution is 0.252. The van der Waals surface area contributed by atoms with Crippen molar-refractivity contribution in [3.8, 4) is 5.75 Å². The fourth-order valence-corrected chi connectivity index (χ4v) is 2.79. The van der Waals surface area contributed by atoms with E-state index in [9.17, 15) is 0 Å². The van der Waals surface area contributed by atoms with Gasteiger partial charge >= 0.3 is 0 Å². The van der Waals surface area contributed by atoms with E-state index in [0.29, 0.717) is 5.54 Å². The van der Waals surface area contributed by atoms with E-state index in [0.717, 1.165) is 25.3 Å². The van der Waals surface area contributed by atoms with Crippen LogP contribution in [-0.4, -0.2) is 12.1 Å². The summed E-state index contributed by atoms with van der Waals surface area (Å²) in [6.45, 7) is 6.24. The molecule has 2 rings (SSSR count). The largest absolute Gasteiger partial charge is 0.494 e. The Hall–Kier alpha value is -1.02. The van der Waals surface area contributed by atoms with E-state index in [1.54, 1.807) is 0 Å². The minimum absolute atomic E-state index is 0.332. The van der Waals surface area contributed by atoms with Gasteiger partial charge in [0.2, 0.25) is 0 Å². The van der Waals surface area contributed by atoms with E-state index in [1.807, 2.05) is 6.07 Å². The summed E-state index contributed by atoms with van der Waals surface area (Å²) < 4.78 is 5.68. The Morgan fingerprint density at radius 2 is 2.00 bits per heavy atom. The molecule has 0 spiro atoms. The lowest BCUT2D eigenvalue weighted by atomic mass is 9.83. The maximum atomic E-state index is 5.68. The molecule has 0 atom stereocenters. The normalized spacial score (nSPS) is 18.2. The van der Waals surface area contributed by atoms with Gasteiger partial charge in [0.25, 0.3) is 0 Å². The van der Waals surface area contributed by atoms with Gasteiger partial charge in [-0.25, -0.2) is 0 Å². The predicted octanol–water partition coefficient (Wildman–Crippen LogP) is 4.29. The van der Waals surface area contributed by atoms with Gasteiger partial charge in [0, 0.05) is 12.1 Å². The van der Waals surface area contributed by atoms with Crippen LogP contribution in [-0.2, 0) is 6.54 Å². The Labute approximate surface area is 117 Å². The van der Waals surface area contributed by atoms with Gasteiger partial charge in [-0.1, -0.05) is 38.3 Å². The molecule has 0 aromatic heterocycles. The third kappa shape index (κ3) is 4.54. The summed E-state index contributed by atoms with van der Waals surface area (Å²) in [4.78, 5) is 0. The summed E-state index contributed by atoms with van der Waals surface area (Å²) in [5.41, 5.74) is 1.65. The second-order valence-electron chi connectivity index (χ2n) is 5.97. The van der Waals surface area contributed by atoms with Crippen molar-refractivity contribution in [1.29, 1.82) is 0 Å². The molecular weight excluding hydrogens is 234 g/mol. The molecule has 106 valence electrons. The van der Waals surface area contributed by atoms with Gasteiger partial charge in [-0.3, -0.25) is 0 Å². The van der Waals surface area contributed by atoms with Crippen molar-refractivity contribution in [2.24, 2.45) is 0 Å². The highest BCUT2D eigenvalue weighted by molar-refractivity contribution is 5.28.